The minimum absolute atomic E-state index is 0.121. The van der Waals surface area contributed by atoms with Gasteiger partial charge < -0.3 is 5.11 Å². The summed E-state index contributed by atoms with van der Waals surface area (Å²) in [5, 5.41) is 9.44. The van der Waals surface area contributed by atoms with Crippen LogP contribution in [0.25, 0.3) is 6.08 Å². The van der Waals surface area contributed by atoms with Gasteiger partial charge in [0.1, 0.15) is 0 Å². The van der Waals surface area contributed by atoms with E-state index in [1.807, 2.05) is 6.07 Å². The number of rotatable bonds is 3. The molecule has 1 atom stereocenters. The van der Waals surface area contributed by atoms with Gasteiger partial charge in [-0.05, 0) is 18.9 Å². The van der Waals surface area contributed by atoms with Gasteiger partial charge in [-0.15, -0.1) is 0 Å². The van der Waals surface area contributed by atoms with E-state index >= 15 is 0 Å². The maximum atomic E-state index is 9.44. The summed E-state index contributed by atoms with van der Waals surface area (Å²) >= 11 is 0. The second kappa shape index (κ2) is 5.28. The van der Waals surface area contributed by atoms with E-state index in [-0.39, 0.29) is 6.10 Å². The molecule has 1 aliphatic rings. The van der Waals surface area contributed by atoms with Gasteiger partial charge in [-0.3, -0.25) is 4.90 Å². The van der Waals surface area contributed by atoms with Crippen LogP contribution in [0.2, 0.25) is 0 Å². The predicted octanol–water partition coefficient (Wildman–Crippen LogP) is 2.16. The van der Waals surface area contributed by atoms with Crippen LogP contribution in [0.5, 0.6) is 0 Å². The first-order valence-electron chi connectivity index (χ1n) is 5.86. The zero-order valence-corrected chi connectivity index (χ0v) is 9.76. The van der Waals surface area contributed by atoms with Crippen LogP contribution in [0, 0.1) is 0 Å². The Bertz CT molecular complexity index is 358. The molecule has 1 aromatic rings. The molecule has 0 amide bonds. The van der Waals surface area contributed by atoms with Gasteiger partial charge in [-0.2, -0.15) is 0 Å². The minimum atomic E-state index is -0.121. The molecule has 1 heterocycles. The average Bonchev–Trinajstić information content (AvgIpc) is 2.65. The second-order valence-corrected chi connectivity index (χ2v) is 4.58. The number of benzene rings is 1. The first-order chi connectivity index (χ1) is 7.74. The number of hydrogen-bond donors (Lipinski definition) is 1. The maximum absolute atomic E-state index is 9.44. The normalized spacial score (nSPS) is 22.6. The average molecular weight is 217 g/mol. The molecule has 2 rings (SSSR count). The molecule has 1 N–H and O–H groups in total. The largest absolute Gasteiger partial charge is 0.392 e. The van der Waals surface area contributed by atoms with E-state index < -0.39 is 0 Å². The minimum Gasteiger partial charge on any atom is -0.392 e. The number of aliphatic hydroxyl groups excluding tert-OH is 1. The molecule has 1 aliphatic heterocycles. The molecule has 1 saturated heterocycles. The molecule has 0 spiro atoms. The number of nitrogens with zero attached hydrogens (tertiary/aromatic N) is 1. The van der Waals surface area contributed by atoms with Crippen molar-refractivity contribution >= 4 is 6.08 Å². The summed E-state index contributed by atoms with van der Waals surface area (Å²) in [7, 11) is 0. The quantitative estimate of drug-likeness (QED) is 0.838. The highest BCUT2D eigenvalue weighted by molar-refractivity contribution is 5.52. The summed E-state index contributed by atoms with van der Waals surface area (Å²) in [5.74, 6) is 0. The molecule has 0 radical (unpaired) electrons. The predicted molar refractivity (Wildman–Crippen MR) is 67.2 cm³/mol. The zero-order valence-electron chi connectivity index (χ0n) is 9.76. The van der Waals surface area contributed by atoms with Crippen LogP contribution < -0.4 is 0 Å². The Morgan fingerprint density at radius 1 is 1.44 bits per heavy atom. The molecule has 0 saturated carbocycles. The van der Waals surface area contributed by atoms with E-state index in [1.165, 1.54) is 11.1 Å². The lowest BCUT2D eigenvalue weighted by Crippen LogP contribution is -2.23. The lowest BCUT2D eigenvalue weighted by Gasteiger charge is -2.15. The molecule has 0 bridgehead atoms. The van der Waals surface area contributed by atoms with Crippen LogP contribution in [0.15, 0.2) is 35.9 Å². The summed E-state index contributed by atoms with van der Waals surface area (Å²) in [4.78, 5) is 2.30. The van der Waals surface area contributed by atoms with Gasteiger partial charge >= 0.3 is 0 Å². The van der Waals surface area contributed by atoms with Crippen molar-refractivity contribution in [1.29, 1.82) is 0 Å². The molecule has 0 aliphatic carbocycles. The SMILES string of the molecule is C/C(=C\c1ccccc1)CN1CC[C@@H](O)C1. The monoisotopic (exact) mass is 217 g/mol. The first kappa shape index (κ1) is 11.4. The van der Waals surface area contributed by atoms with Crippen LogP contribution in [0.4, 0.5) is 0 Å². The van der Waals surface area contributed by atoms with Crippen LogP contribution in [0.1, 0.15) is 18.9 Å². The second-order valence-electron chi connectivity index (χ2n) is 4.58. The molecule has 2 heteroatoms. The summed E-state index contributed by atoms with van der Waals surface area (Å²) < 4.78 is 0. The van der Waals surface area contributed by atoms with E-state index in [1.54, 1.807) is 0 Å². The van der Waals surface area contributed by atoms with Gasteiger partial charge in [-0.25, -0.2) is 0 Å². The van der Waals surface area contributed by atoms with Crippen molar-refractivity contribution in [1.82, 2.24) is 4.90 Å². The highest BCUT2D eigenvalue weighted by Crippen LogP contribution is 2.12. The molecule has 86 valence electrons. The Morgan fingerprint density at radius 2 is 2.19 bits per heavy atom. The molecular weight excluding hydrogens is 198 g/mol. The maximum Gasteiger partial charge on any atom is 0.0679 e. The van der Waals surface area contributed by atoms with Crippen LogP contribution in [0.3, 0.4) is 0 Å². The molecule has 0 unspecified atom stereocenters. The standard InChI is InChI=1S/C14H19NO/c1-12(9-13-5-3-2-4-6-13)10-15-8-7-14(16)11-15/h2-6,9,14,16H,7-8,10-11H2,1H3/b12-9+/t14-/m1/s1. The zero-order chi connectivity index (χ0) is 11.4. The molecule has 0 aromatic heterocycles. The van der Waals surface area contributed by atoms with Crippen LogP contribution in [-0.4, -0.2) is 35.7 Å². The first-order valence-corrected chi connectivity index (χ1v) is 5.86. The van der Waals surface area contributed by atoms with E-state index in [0.29, 0.717) is 0 Å². The van der Waals surface area contributed by atoms with E-state index in [4.69, 9.17) is 0 Å². The van der Waals surface area contributed by atoms with Crippen LogP contribution in [-0.2, 0) is 0 Å². The van der Waals surface area contributed by atoms with Crippen LogP contribution >= 0.6 is 0 Å². The van der Waals surface area contributed by atoms with Crippen molar-refractivity contribution in [3.05, 3.63) is 41.5 Å². The van der Waals surface area contributed by atoms with Gasteiger partial charge in [0.2, 0.25) is 0 Å². The van der Waals surface area contributed by atoms with Crippen molar-refractivity contribution in [3.8, 4) is 0 Å². The van der Waals surface area contributed by atoms with Crippen molar-refractivity contribution in [2.24, 2.45) is 0 Å². The Labute approximate surface area is 97.2 Å². The topological polar surface area (TPSA) is 23.5 Å². The molecule has 1 fully saturated rings. The van der Waals surface area contributed by atoms with Gasteiger partial charge in [0.05, 0.1) is 6.10 Å². The third kappa shape index (κ3) is 3.19. The van der Waals surface area contributed by atoms with Crippen molar-refractivity contribution in [3.63, 3.8) is 0 Å². The van der Waals surface area contributed by atoms with Gasteiger partial charge in [0.15, 0.2) is 0 Å². The molecular formula is C14H19NO. The molecule has 2 nitrogen and oxygen atoms in total. The van der Waals surface area contributed by atoms with Crippen molar-refractivity contribution in [2.45, 2.75) is 19.4 Å². The van der Waals surface area contributed by atoms with Gasteiger partial charge in [-0.1, -0.05) is 42.0 Å². The van der Waals surface area contributed by atoms with Gasteiger partial charge in [0.25, 0.3) is 0 Å². The fourth-order valence-electron chi connectivity index (χ4n) is 2.19. The summed E-state index contributed by atoms with van der Waals surface area (Å²) in [6.07, 6.45) is 3.01. The Morgan fingerprint density at radius 3 is 2.81 bits per heavy atom. The smallest absolute Gasteiger partial charge is 0.0679 e. The Hall–Kier alpha value is -1.12. The third-order valence-corrected chi connectivity index (χ3v) is 2.93. The van der Waals surface area contributed by atoms with Gasteiger partial charge in [0, 0.05) is 19.6 Å². The molecule has 1 aromatic carbocycles. The fourth-order valence-corrected chi connectivity index (χ4v) is 2.19. The van der Waals surface area contributed by atoms with Crippen molar-refractivity contribution in [2.75, 3.05) is 19.6 Å². The number of β-amino-alcohol motifs (C(OH)–C–C–N with tert-alkyl or cyclic N) is 1. The summed E-state index contributed by atoms with van der Waals surface area (Å²) in [6, 6.07) is 10.4. The number of hydrogen-bond acceptors (Lipinski definition) is 2. The van der Waals surface area contributed by atoms with E-state index in [9.17, 15) is 5.11 Å². The highest BCUT2D eigenvalue weighted by Gasteiger charge is 2.19. The number of aliphatic hydroxyl groups is 1. The van der Waals surface area contributed by atoms with E-state index in [0.717, 1.165) is 26.1 Å². The summed E-state index contributed by atoms with van der Waals surface area (Å²) in [6.45, 7) is 4.95. The summed E-state index contributed by atoms with van der Waals surface area (Å²) in [5.41, 5.74) is 2.60. The third-order valence-electron chi connectivity index (χ3n) is 2.93. The Kier molecular flexibility index (Phi) is 3.75. The van der Waals surface area contributed by atoms with E-state index in [2.05, 4.69) is 42.2 Å². The lowest BCUT2D eigenvalue weighted by molar-refractivity contribution is 0.179. The lowest BCUT2D eigenvalue weighted by atomic mass is 10.1. The number of likely N-dealkylation sites (tertiary alicyclic amines) is 1. The Balaban J connectivity index is 1.93. The highest BCUT2D eigenvalue weighted by atomic mass is 16.3. The molecule has 16 heavy (non-hydrogen) atoms. The van der Waals surface area contributed by atoms with Crippen molar-refractivity contribution < 1.29 is 5.11 Å². The fraction of sp³-hybridized carbons (Fsp3) is 0.429.